The number of aliphatic hydroxyl groups is 1. The number of aromatic nitrogens is 2. The molecule has 0 amide bonds. The monoisotopic (exact) mass is 294 g/mol. The number of hydrogen-bond acceptors (Lipinski definition) is 6. The van der Waals surface area contributed by atoms with Crippen molar-refractivity contribution < 1.29 is 23.0 Å². The van der Waals surface area contributed by atoms with E-state index in [1.807, 2.05) is 0 Å². The molecule has 0 aliphatic rings. The van der Waals surface area contributed by atoms with Crippen LogP contribution in [-0.4, -0.2) is 47.1 Å². The maximum Gasteiger partial charge on any atom is 0.405 e. The average molecular weight is 294 g/mol. The van der Waals surface area contributed by atoms with Crippen molar-refractivity contribution in [1.29, 1.82) is 0 Å². The molecule has 9 heteroatoms. The van der Waals surface area contributed by atoms with Crippen molar-refractivity contribution in [3.8, 4) is 5.88 Å². The number of nitrogen functional groups attached to an aromatic ring is 1. The highest BCUT2D eigenvalue weighted by atomic mass is 19.4. The largest absolute Gasteiger partial charge is 0.473 e. The Kier molecular flexibility index (Phi) is 5.37. The van der Waals surface area contributed by atoms with Gasteiger partial charge in [-0.3, -0.25) is 0 Å². The highest BCUT2D eigenvalue weighted by Crippen LogP contribution is 2.30. The summed E-state index contributed by atoms with van der Waals surface area (Å²) in [5.74, 6) is -0.0860. The van der Waals surface area contributed by atoms with Gasteiger partial charge < -0.3 is 20.5 Å². The summed E-state index contributed by atoms with van der Waals surface area (Å²) < 4.78 is 42.9. The standard InChI is InChI=1S/C11H17F3N4O2/c1-7(2)20-10-8(15)9(16-6-17-10)18(3-4-19)5-11(12,13)14/h6-7,19H,3-5,15H2,1-2H3. The Morgan fingerprint density at radius 2 is 2.05 bits per heavy atom. The minimum Gasteiger partial charge on any atom is -0.473 e. The lowest BCUT2D eigenvalue weighted by Crippen LogP contribution is -2.37. The Morgan fingerprint density at radius 3 is 2.55 bits per heavy atom. The first kappa shape index (κ1) is 16.3. The Hall–Kier alpha value is -1.77. The van der Waals surface area contributed by atoms with E-state index in [0.29, 0.717) is 0 Å². The fraction of sp³-hybridized carbons (Fsp3) is 0.636. The third kappa shape index (κ3) is 4.72. The molecule has 3 N–H and O–H groups in total. The van der Waals surface area contributed by atoms with Crippen LogP contribution < -0.4 is 15.4 Å². The quantitative estimate of drug-likeness (QED) is 0.820. The first-order valence-electron chi connectivity index (χ1n) is 5.94. The van der Waals surface area contributed by atoms with Crippen LogP contribution >= 0.6 is 0 Å². The third-order valence-electron chi connectivity index (χ3n) is 2.21. The molecule has 0 atom stereocenters. The maximum absolute atomic E-state index is 12.5. The van der Waals surface area contributed by atoms with E-state index in [-0.39, 0.29) is 30.0 Å². The lowest BCUT2D eigenvalue weighted by molar-refractivity contribution is -0.119. The molecule has 114 valence electrons. The molecule has 0 saturated heterocycles. The lowest BCUT2D eigenvalue weighted by atomic mass is 10.3. The van der Waals surface area contributed by atoms with Gasteiger partial charge in [-0.05, 0) is 13.8 Å². The van der Waals surface area contributed by atoms with Crippen LogP contribution in [0.5, 0.6) is 5.88 Å². The molecule has 6 nitrogen and oxygen atoms in total. The molecule has 0 spiro atoms. The summed E-state index contributed by atoms with van der Waals surface area (Å²) in [7, 11) is 0. The number of nitrogens with zero attached hydrogens (tertiary/aromatic N) is 3. The first-order valence-corrected chi connectivity index (χ1v) is 5.94. The molecule has 0 aliphatic carbocycles. The molecule has 20 heavy (non-hydrogen) atoms. The van der Waals surface area contributed by atoms with Gasteiger partial charge in [-0.1, -0.05) is 0 Å². The van der Waals surface area contributed by atoms with Crippen LogP contribution in [0.2, 0.25) is 0 Å². The van der Waals surface area contributed by atoms with E-state index in [1.54, 1.807) is 13.8 Å². The van der Waals surface area contributed by atoms with Crippen LogP contribution in [0, 0.1) is 0 Å². The van der Waals surface area contributed by atoms with E-state index in [1.165, 1.54) is 0 Å². The van der Waals surface area contributed by atoms with E-state index in [0.717, 1.165) is 11.2 Å². The smallest absolute Gasteiger partial charge is 0.405 e. The number of ether oxygens (including phenoxy) is 1. The zero-order valence-corrected chi connectivity index (χ0v) is 11.2. The van der Waals surface area contributed by atoms with Gasteiger partial charge in [-0.25, -0.2) is 4.98 Å². The second-order valence-electron chi connectivity index (χ2n) is 4.34. The predicted octanol–water partition coefficient (Wildman–Crippen LogP) is 1.21. The number of rotatable bonds is 6. The molecule has 1 aromatic rings. The summed E-state index contributed by atoms with van der Waals surface area (Å²) in [6, 6.07) is 0. The van der Waals surface area contributed by atoms with Gasteiger partial charge in [-0.15, -0.1) is 0 Å². The first-order chi connectivity index (χ1) is 9.24. The van der Waals surface area contributed by atoms with E-state index >= 15 is 0 Å². The van der Waals surface area contributed by atoms with Crippen molar-refractivity contribution in [2.24, 2.45) is 0 Å². The van der Waals surface area contributed by atoms with Crippen molar-refractivity contribution in [2.75, 3.05) is 30.3 Å². The molecule has 1 aromatic heterocycles. The van der Waals surface area contributed by atoms with Gasteiger partial charge in [0.2, 0.25) is 5.88 Å². The molecule has 0 bridgehead atoms. The number of aliphatic hydroxyl groups excluding tert-OH is 1. The summed E-state index contributed by atoms with van der Waals surface area (Å²) >= 11 is 0. The molecule has 0 radical (unpaired) electrons. The van der Waals surface area contributed by atoms with Crippen molar-refractivity contribution in [3.05, 3.63) is 6.33 Å². The SMILES string of the molecule is CC(C)Oc1ncnc(N(CCO)CC(F)(F)F)c1N. The number of hydrogen-bond donors (Lipinski definition) is 2. The molecular weight excluding hydrogens is 277 g/mol. The number of nitrogens with two attached hydrogens (primary N) is 1. The summed E-state index contributed by atoms with van der Waals surface area (Å²) in [6.07, 6.45) is -3.59. The van der Waals surface area contributed by atoms with Gasteiger partial charge >= 0.3 is 6.18 Å². The van der Waals surface area contributed by atoms with Crippen LogP contribution in [0.3, 0.4) is 0 Å². The van der Waals surface area contributed by atoms with Crippen molar-refractivity contribution in [2.45, 2.75) is 26.1 Å². The molecule has 1 heterocycles. The number of alkyl halides is 3. The fourth-order valence-electron chi connectivity index (χ4n) is 1.54. The molecule has 1 rings (SSSR count). The van der Waals surface area contributed by atoms with Crippen LogP contribution in [0.25, 0.3) is 0 Å². The third-order valence-corrected chi connectivity index (χ3v) is 2.21. The molecule has 0 aliphatic heterocycles. The number of halogens is 3. The minimum atomic E-state index is -4.44. The van der Waals surface area contributed by atoms with Gasteiger partial charge in [0, 0.05) is 6.54 Å². The van der Waals surface area contributed by atoms with Gasteiger partial charge in [0.25, 0.3) is 0 Å². The Labute approximate surface area is 114 Å². The van der Waals surface area contributed by atoms with Crippen molar-refractivity contribution in [3.63, 3.8) is 0 Å². The van der Waals surface area contributed by atoms with E-state index in [9.17, 15) is 13.2 Å². The van der Waals surface area contributed by atoms with Crippen molar-refractivity contribution >= 4 is 11.5 Å². The Balaban J connectivity index is 3.07. The lowest BCUT2D eigenvalue weighted by Gasteiger charge is -2.25. The Bertz CT molecular complexity index is 440. The zero-order chi connectivity index (χ0) is 15.3. The average Bonchev–Trinajstić information content (AvgIpc) is 2.29. The fourth-order valence-corrected chi connectivity index (χ4v) is 1.54. The molecule has 0 aromatic carbocycles. The van der Waals surface area contributed by atoms with Gasteiger partial charge in [0.1, 0.15) is 18.6 Å². The minimum absolute atomic E-state index is 0.0233. The van der Waals surface area contributed by atoms with Crippen LogP contribution in [0.4, 0.5) is 24.7 Å². The highest BCUT2D eigenvalue weighted by molar-refractivity contribution is 5.67. The van der Waals surface area contributed by atoms with Crippen LogP contribution in [0.15, 0.2) is 6.33 Å². The molecule has 0 fully saturated rings. The predicted molar refractivity (Wildman–Crippen MR) is 67.6 cm³/mol. The number of anilines is 2. The second kappa shape index (κ2) is 6.60. The van der Waals surface area contributed by atoms with Crippen molar-refractivity contribution in [1.82, 2.24) is 9.97 Å². The summed E-state index contributed by atoms with van der Waals surface area (Å²) in [6.45, 7) is 1.50. The second-order valence-corrected chi connectivity index (χ2v) is 4.34. The van der Waals surface area contributed by atoms with E-state index in [4.69, 9.17) is 15.6 Å². The van der Waals surface area contributed by atoms with E-state index < -0.39 is 19.3 Å². The zero-order valence-electron chi connectivity index (χ0n) is 11.2. The van der Waals surface area contributed by atoms with Gasteiger partial charge in [-0.2, -0.15) is 18.2 Å². The van der Waals surface area contributed by atoms with Crippen LogP contribution in [0.1, 0.15) is 13.8 Å². The van der Waals surface area contributed by atoms with Gasteiger partial charge in [0.05, 0.1) is 12.7 Å². The normalized spacial score (nSPS) is 11.8. The highest BCUT2D eigenvalue weighted by Gasteiger charge is 2.32. The maximum atomic E-state index is 12.5. The molecule has 0 saturated carbocycles. The summed E-state index contributed by atoms with van der Waals surface area (Å²) in [4.78, 5) is 8.37. The van der Waals surface area contributed by atoms with Crippen LogP contribution in [-0.2, 0) is 0 Å². The molecular formula is C11H17F3N4O2. The van der Waals surface area contributed by atoms with E-state index in [2.05, 4.69) is 9.97 Å². The summed E-state index contributed by atoms with van der Waals surface area (Å²) in [5.41, 5.74) is 5.66. The molecule has 0 unspecified atom stereocenters. The summed E-state index contributed by atoms with van der Waals surface area (Å²) in [5, 5.41) is 8.88. The topological polar surface area (TPSA) is 84.5 Å². The Morgan fingerprint density at radius 1 is 1.40 bits per heavy atom. The van der Waals surface area contributed by atoms with Gasteiger partial charge in [0.15, 0.2) is 5.82 Å².